The van der Waals surface area contributed by atoms with Crippen LogP contribution in [0.25, 0.3) is 0 Å². The van der Waals surface area contributed by atoms with E-state index < -0.39 is 0 Å². The highest BCUT2D eigenvalue weighted by Crippen LogP contribution is 2.16. The summed E-state index contributed by atoms with van der Waals surface area (Å²) in [5.41, 5.74) is 0.736. The van der Waals surface area contributed by atoms with Gasteiger partial charge >= 0.3 is 0 Å². The molecular formula is C14H16N4O2S. The molecule has 0 aliphatic carbocycles. The van der Waals surface area contributed by atoms with Gasteiger partial charge in [-0.25, -0.2) is 0 Å². The van der Waals surface area contributed by atoms with Crippen molar-refractivity contribution in [2.24, 2.45) is 5.10 Å². The summed E-state index contributed by atoms with van der Waals surface area (Å²) in [7, 11) is 0. The molecule has 0 bridgehead atoms. The van der Waals surface area contributed by atoms with E-state index in [1.165, 1.54) is 0 Å². The van der Waals surface area contributed by atoms with Gasteiger partial charge in [0.1, 0.15) is 11.4 Å². The Morgan fingerprint density at radius 3 is 3.00 bits per heavy atom. The van der Waals surface area contributed by atoms with Crippen LogP contribution in [0.1, 0.15) is 24.6 Å². The molecule has 0 aliphatic rings. The highest BCUT2D eigenvalue weighted by atomic mass is 32.1. The Hall–Kier alpha value is -2.28. The number of aromatic nitrogens is 3. The summed E-state index contributed by atoms with van der Waals surface area (Å²) in [4.78, 5) is 11.9. The molecule has 0 saturated heterocycles. The fraction of sp³-hybridized carbons (Fsp3) is 0.286. The van der Waals surface area contributed by atoms with Crippen molar-refractivity contribution >= 4 is 18.4 Å². The van der Waals surface area contributed by atoms with E-state index in [1.54, 1.807) is 13.1 Å². The van der Waals surface area contributed by atoms with Crippen molar-refractivity contribution in [3.05, 3.63) is 50.6 Å². The van der Waals surface area contributed by atoms with Gasteiger partial charge in [-0.3, -0.25) is 9.89 Å². The molecule has 1 aromatic heterocycles. The molecule has 2 aromatic rings. The van der Waals surface area contributed by atoms with Crippen LogP contribution in [0.4, 0.5) is 0 Å². The number of para-hydroxylation sites is 1. The van der Waals surface area contributed by atoms with Crippen molar-refractivity contribution in [2.75, 3.05) is 6.61 Å². The Morgan fingerprint density at radius 1 is 1.48 bits per heavy atom. The first-order valence-electron chi connectivity index (χ1n) is 6.58. The number of aryl methyl sites for hydroxylation is 1. The zero-order valence-electron chi connectivity index (χ0n) is 11.9. The SMILES string of the molecule is CCCOc1ccccc1/C=N\n1c(=S)[nH]nc(C)c1=O. The Labute approximate surface area is 127 Å². The second-order valence-corrected chi connectivity index (χ2v) is 4.75. The first-order valence-corrected chi connectivity index (χ1v) is 6.99. The fourth-order valence-corrected chi connectivity index (χ4v) is 1.80. The summed E-state index contributed by atoms with van der Waals surface area (Å²) < 4.78 is 6.89. The van der Waals surface area contributed by atoms with Crippen molar-refractivity contribution in [3.63, 3.8) is 0 Å². The van der Waals surface area contributed by atoms with Crippen LogP contribution in [-0.4, -0.2) is 27.7 Å². The van der Waals surface area contributed by atoms with Crippen molar-refractivity contribution in [2.45, 2.75) is 20.3 Å². The van der Waals surface area contributed by atoms with Gasteiger partial charge in [-0.05, 0) is 37.7 Å². The molecule has 0 radical (unpaired) electrons. The van der Waals surface area contributed by atoms with E-state index in [0.29, 0.717) is 12.3 Å². The number of rotatable bonds is 5. The summed E-state index contributed by atoms with van der Waals surface area (Å²) in [5.74, 6) is 0.719. The van der Waals surface area contributed by atoms with Gasteiger partial charge in [0, 0.05) is 5.56 Å². The van der Waals surface area contributed by atoms with Crippen LogP contribution in [0, 0.1) is 11.7 Å². The first kappa shape index (κ1) is 15.1. The van der Waals surface area contributed by atoms with Crippen molar-refractivity contribution in [1.82, 2.24) is 14.9 Å². The molecule has 0 unspecified atom stereocenters. The third kappa shape index (κ3) is 3.63. The zero-order valence-corrected chi connectivity index (χ0v) is 12.7. The average molecular weight is 304 g/mol. The average Bonchev–Trinajstić information content (AvgIpc) is 2.50. The molecule has 0 fully saturated rings. The third-order valence-corrected chi connectivity index (χ3v) is 2.97. The van der Waals surface area contributed by atoms with Crippen LogP contribution in [-0.2, 0) is 0 Å². The molecule has 21 heavy (non-hydrogen) atoms. The van der Waals surface area contributed by atoms with E-state index in [1.807, 2.05) is 31.2 Å². The minimum absolute atomic E-state index is 0.147. The summed E-state index contributed by atoms with van der Waals surface area (Å²) in [6.45, 7) is 4.26. The van der Waals surface area contributed by atoms with Crippen molar-refractivity contribution in [3.8, 4) is 5.75 Å². The highest BCUT2D eigenvalue weighted by Gasteiger charge is 2.03. The molecule has 6 nitrogen and oxygen atoms in total. The lowest BCUT2D eigenvalue weighted by atomic mass is 10.2. The van der Waals surface area contributed by atoms with Crippen LogP contribution < -0.4 is 10.3 Å². The molecule has 110 valence electrons. The molecule has 1 heterocycles. The number of nitrogens with one attached hydrogen (secondary N) is 1. The second kappa shape index (κ2) is 6.94. The Morgan fingerprint density at radius 2 is 2.24 bits per heavy atom. The molecule has 0 saturated carbocycles. The number of hydrogen-bond donors (Lipinski definition) is 1. The topological polar surface area (TPSA) is 72.3 Å². The van der Waals surface area contributed by atoms with E-state index in [2.05, 4.69) is 15.3 Å². The maximum absolute atomic E-state index is 11.9. The molecule has 7 heteroatoms. The van der Waals surface area contributed by atoms with Gasteiger partial charge in [-0.15, -0.1) is 0 Å². The fourth-order valence-electron chi connectivity index (χ4n) is 1.63. The predicted molar refractivity (Wildman–Crippen MR) is 83.6 cm³/mol. The largest absolute Gasteiger partial charge is 0.493 e. The zero-order chi connectivity index (χ0) is 15.2. The van der Waals surface area contributed by atoms with Crippen molar-refractivity contribution < 1.29 is 4.74 Å². The van der Waals surface area contributed by atoms with Gasteiger partial charge in [-0.1, -0.05) is 19.1 Å². The van der Waals surface area contributed by atoms with Crippen LogP contribution in [0.15, 0.2) is 34.2 Å². The van der Waals surface area contributed by atoms with E-state index in [0.717, 1.165) is 22.4 Å². The lowest BCUT2D eigenvalue weighted by Crippen LogP contribution is -2.22. The first-order chi connectivity index (χ1) is 10.1. The highest BCUT2D eigenvalue weighted by molar-refractivity contribution is 7.71. The summed E-state index contributed by atoms with van der Waals surface area (Å²) in [6, 6.07) is 7.48. The number of benzene rings is 1. The normalized spacial score (nSPS) is 11.0. The maximum atomic E-state index is 11.9. The van der Waals surface area contributed by atoms with Crippen LogP contribution in [0.5, 0.6) is 5.75 Å². The smallest absolute Gasteiger partial charge is 0.296 e. The molecule has 0 aliphatic heterocycles. The van der Waals surface area contributed by atoms with Gasteiger partial charge in [0.2, 0.25) is 4.77 Å². The molecule has 0 spiro atoms. The number of nitrogens with zero attached hydrogens (tertiary/aromatic N) is 3. The number of aromatic amines is 1. The minimum atomic E-state index is -0.345. The van der Waals surface area contributed by atoms with Crippen molar-refractivity contribution in [1.29, 1.82) is 0 Å². The number of H-pyrrole nitrogens is 1. The summed E-state index contributed by atoms with van der Waals surface area (Å²) >= 11 is 5.02. The minimum Gasteiger partial charge on any atom is -0.493 e. The quantitative estimate of drug-likeness (QED) is 0.679. The Bertz CT molecular complexity index is 764. The van der Waals surface area contributed by atoms with E-state index in [-0.39, 0.29) is 10.3 Å². The van der Waals surface area contributed by atoms with Gasteiger partial charge in [0.15, 0.2) is 0 Å². The van der Waals surface area contributed by atoms with Gasteiger partial charge in [0.25, 0.3) is 5.56 Å². The van der Waals surface area contributed by atoms with Crippen LogP contribution in [0.2, 0.25) is 0 Å². The molecule has 2 rings (SSSR count). The Balaban J connectivity index is 2.37. The van der Waals surface area contributed by atoms with Gasteiger partial charge in [0.05, 0.1) is 12.8 Å². The Kier molecular flexibility index (Phi) is 4.99. The predicted octanol–water partition coefficient (Wildman–Crippen LogP) is 2.28. The molecule has 1 N–H and O–H groups in total. The number of hydrogen-bond acceptors (Lipinski definition) is 5. The monoisotopic (exact) mass is 304 g/mol. The molecule has 1 aromatic carbocycles. The summed E-state index contributed by atoms with van der Waals surface area (Å²) in [6.07, 6.45) is 2.47. The van der Waals surface area contributed by atoms with Crippen LogP contribution >= 0.6 is 12.2 Å². The lowest BCUT2D eigenvalue weighted by molar-refractivity contribution is 0.317. The van der Waals surface area contributed by atoms with E-state index >= 15 is 0 Å². The van der Waals surface area contributed by atoms with Crippen LogP contribution in [0.3, 0.4) is 0 Å². The summed E-state index contributed by atoms with van der Waals surface area (Å²) in [5, 5.41) is 10.5. The number of ether oxygens (including phenoxy) is 1. The van der Waals surface area contributed by atoms with E-state index in [4.69, 9.17) is 17.0 Å². The molecular weight excluding hydrogens is 288 g/mol. The third-order valence-electron chi connectivity index (χ3n) is 2.71. The van der Waals surface area contributed by atoms with E-state index in [9.17, 15) is 4.79 Å². The second-order valence-electron chi connectivity index (χ2n) is 4.36. The van der Waals surface area contributed by atoms with Gasteiger partial charge < -0.3 is 4.74 Å². The lowest BCUT2D eigenvalue weighted by Gasteiger charge is -2.07. The van der Waals surface area contributed by atoms with Gasteiger partial charge in [-0.2, -0.15) is 14.9 Å². The maximum Gasteiger partial charge on any atom is 0.296 e. The standard InChI is InChI=1S/C14H16N4O2S/c1-3-8-20-12-7-5-4-6-11(12)9-15-18-13(19)10(2)16-17-14(18)21/h4-7,9H,3,8H2,1-2H3,(H,17,21)/b15-9-. The molecule has 0 atom stereocenters. The molecule has 0 amide bonds.